The van der Waals surface area contributed by atoms with Crippen molar-refractivity contribution in [1.29, 1.82) is 0 Å². The van der Waals surface area contributed by atoms with E-state index in [9.17, 15) is 0 Å². The average molecular weight is 368 g/mol. The van der Waals surface area contributed by atoms with E-state index in [0.29, 0.717) is 13.2 Å². The molecule has 21 heavy (non-hydrogen) atoms. The molecule has 3 rings (SSSR count). The van der Waals surface area contributed by atoms with Crippen LogP contribution in [-0.4, -0.2) is 13.2 Å². The van der Waals surface area contributed by atoms with Crippen LogP contribution in [0.25, 0.3) is 0 Å². The Balaban J connectivity index is 1.86. The van der Waals surface area contributed by atoms with Gasteiger partial charge in [0.15, 0.2) is 11.5 Å². The number of nitrogens with one attached hydrogen (secondary N) is 1. The minimum Gasteiger partial charge on any atom is -0.486 e. The Kier molecular flexibility index (Phi) is 4.13. The molecule has 2 heterocycles. The summed E-state index contributed by atoms with van der Waals surface area (Å²) in [4.78, 5) is 2.71. The Morgan fingerprint density at radius 2 is 1.81 bits per heavy atom. The number of anilines is 1. The van der Waals surface area contributed by atoms with Gasteiger partial charge < -0.3 is 14.8 Å². The molecule has 112 valence electrons. The van der Waals surface area contributed by atoms with Gasteiger partial charge in [-0.05, 0) is 48.3 Å². The molecule has 1 aromatic heterocycles. The maximum absolute atomic E-state index is 5.65. The monoisotopic (exact) mass is 367 g/mol. The molecule has 0 saturated heterocycles. The van der Waals surface area contributed by atoms with Crippen LogP contribution < -0.4 is 14.8 Å². The highest BCUT2D eigenvalue weighted by Crippen LogP contribution is 2.39. The summed E-state index contributed by atoms with van der Waals surface area (Å²) >= 11 is 5.44. The molecule has 1 N–H and O–H groups in total. The summed E-state index contributed by atoms with van der Waals surface area (Å²) in [6.07, 6.45) is 0. The molecule has 0 spiro atoms. The number of thiophene rings is 1. The molecule has 2 aromatic rings. The second kappa shape index (κ2) is 5.89. The van der Waals surface area contributed by atoms with Gasteiger partial charge in [0, 0.05) is 32.4 Å². The van der Waals surface area contributed by atoms with Crippen molar-refractivity contribution in [1.82, 2.24) is 0 Å². The second-order valence-electron chi connectivity index (χ2n) is 5.21. The number of aryl methyl sites for hydroxylation is 2. The molecule has 0 saturated carbocycles. The van der Waals surface area contributed by atoms with E-state index in [2.05, 4.69) is 48.1 Å². The Morgan fingerprint density at radius 1 is 1.14 bits per heavy atom. The van der Waals surface area contributed by atoms with Gasteiger partial charge in [-0.1, -0.05) is 0 Å². The molecule has 1 atom stereocenters. The molecule has 0 bridgehead atoms. The summed E-state index contributed by atoms with van der Waals surface area (Å²) in [5, 5.41) is 3.55. The number of hydrogen-bond donors (Lipinski definition) is 1. The van der Waals surface area contributed by atoms with E-state index in [1.54, 1.807) is 0 Å². The first-order chi connectivity index (χ1) is 10.0. The van der Waals surface area contributed by atoms with Gasteiger partial charge in [0.1, 0.15) is 13.2 Å². The fraction of sp³-hybridized carbons (Fsp3) is 0.375. The number of benzene rings is 1. The summed E-state index contributed by atoms with van der Waals surface area (Å²) in [5.74, 6) is 1.60. The smallest absolute Gasteiger partial charge is 0.163 e. The quantitative estimate of drug-likeness (QED) is 0.820. The van der Waals surface area contributed by atoms with Gasteiger partial charge in [-0.3, -0.25) is 0 Å². The normalized spacial score (nSPS) is 14.9. The first-order valence-electron chi connectivity index (χ1n) is 6.97. The van der Waals surface area contributed by atoms with Crippen LogP contribution >= 0.6 is 27.3 Å². The Hall–Kier alpha value is -1.20. The number of fused-ring (bicyclic) bond motifs is 1. The Bertz CT molecular complexity index is 669. The van der Waals surface area contributed by atoms with Crippen molar-refractivity contribution in [3.63, 3.8) is 0 Å². The Morgan fingerprint density at radius 3 is 2.43 bits per heavy atom. The van der Waals surface area contributed by atoms with E-state index in [4.69, 9.17) is 9.47 Å². The highest BCUT2D eigenvalue weighted by Gasteiger charge is 2.17. The lowest BCUT2D eigenvalue weighted by Gasteiger charge is -2.22. The number of ether oxygens (including phenoxy) is 2. The Labute approximate surface area is 137 Å². The molecule has 0 aliphatic carbocycles. The zero-order valence-corrected chi connectivity index (χ0v) is 14.7. The fourth-order valence-corrected chi connectivity index (χ4v) is 4.03. The van der Waals surface area contributed by atoms with Crippen molar-refractivity contribution in [2.45, 2.75) is 26.8 Å². The molecule has 1 aliphatic heterocycles. The molecule has 3 nitrogen and oxygen atoms in total. The van der Waals surface area contributed by atoms with E-state index in [0.717, 1.165) is 21.7 Å². The minimum absolute atomic E-state index is 0.244. The van der Waals surface area contributed by atoms with Crippen molar-refractivity contribution in [3.05, 3.63) is 38.0 Å². The van der Waals surface area contributed by atoms with Gasteiger partial charge in [0.2, 0.25) is 0 Å². The van der Waals surface area contributed by atoms with E-state index >= 15 is 0 Å². The number of rotatable bonds is 3. The third-order valence-corrected chi connectivity index (χ3v) is 5.19. The number of hydrogen-bond acceptors (Lipinski definition) is 4. The van der Waals surface area contributed by atoms with E-state index < -0.39 is 0 Å². The third-order valence-electron chi connectivity index (χ3n) is 3.55. The first-order valence-corrected chi connectivity index (χ1v) is 8.58. The van der Waals surface area contributed by atoms with Gasteiger partial charge in [-0.25, -0.2) is 0 Å². The van der Waals surface area contributed by atoms with Crippen molar-refractivity contribution < 1.29 is 9.47 Å². The van der Waals surface area contributed by atoms with E-state index in [-0.39, 0.29) is 6.04 Å². The second-order valence-corrected chi connectivity index (χ2v) is 7.53. The van der Waals surface area contributed by atoms with Crippen LogP contribution in [0.2, 0.25) is 0 Å². The van der Waals surface area contributed by atoms with Gasteiger partial charge in [0.25, 0.3) is 0 Å². The molecule has 1 unspecified atom stereocenters. The van der Waals surface area contributed by atoms with Crippen LogP contribution in [0.4, 0.5) is 5.69 Å². The van der Waals surface area contributed by atoms with Crippen LogP contribution in [0.15, 0.2) is 22.7 Å². The minimum atomic E-state index is 0.244. The van der Waals surface area contributed by atoms with Gasteiger partial charge in [-0.2, -0.15) is 0 Å². The van der Waals surface area contributed by atoms with Crippen molar-refractivity contribution >= 4 is 33.0 Å². The lowest BCUT2D eigenvalue weighted by atomic mass is 10.1. The molecule has 1 aromatic carbocycles. The molecule has 0 fully saturated rings. The summed E-state index contributed by atoms with van der Waals surface area (Å²) in [7, 11) is 0. The van der Waals surface area contributed by atoms with Gasteiger partial charge in [-0.15, -0.1) is 11.3 Å². The van der Waals surface area contributed by atoms with Crippen molar-refractivity contribution in [2.75, 3.05) is 18.5 Å². The fourth-order valence-electron chi connectivity index (χ4n) is 2.57. The van der Waals surface area contributed by atoms with Crippen LogP contribution in [0.5, 0.6) is 11.5 Å². The van der Waals surface area contributed by atoms with Crippen LogP contribution in [-0.2, 0) is 0 Å². The number of halogens is 1. The zero-order chi connectivity index (χ0) is 15.0. The van der Waals surface area contributed by atoms with Crippen molar-refractivity contribution in [2.24, 2.45) is 0 Å². The van der Waals surface area contributed by atoms with Crippen molar-refractivity contribution in [3.8, 4) is 11.5 Å². The van der Waals surface area contributed by atoms with E-state index in [1.807, 2.05) is 23.5 Å². The predicted octanol–water partition coefficient (Wildman–Crippen LogP) is 5.07. The predicted molar refractivity (Wildman–Crippen MR) is 91.0 cm³/mol. The summed E-state index contributed by atoms with van der Waals surface area (Å²) in [6.45, 7) is 7.71. The van der Waals surface area contributed by atoms with Crippen LogP contribution in [0, 0.1) is 13.8 Å². The standard InChI is InChI=1S/C16H18BrNO2S/c1-9-6-12(11(3)21-9)10(2)18-14-8-16-15(7-13(14)17)19-4-5-20-16/h6-8,10,18H,4-5H2,1-3H3. The molecular weight excluding hydrogens is 350 g/mol. The lowest BCUT2D eigenvalue weighted by molar-refractivity contribution is 0.171. The molecule has 0 radical (unpaired) electrons. The maximum Gasteiger partial charge on any atom is 0.163 e. The highest BCUT2D eigenvalue weighted by atomic mass is 79.9. The third kappa shape index (κ3) is 3.04. The lowest BCUT2D eigenvalue weighted by Crippen LogP contribution is -2.16. The average Bonchev–Trinajstić information content (AvgIpc) is 2.78. The maximum atomic E-state index is 5.65. The summed E-state index contributed by atoms with van der Waals surface area (Å²) in [5.41, 5.74) is 2.37. The topological polar surface area (TPSA) is 30.5 Å². The molecule has 0 amide bonds. The largest absolute Gasteiger partial charge is 0.486 e. The van der Waals surface area contributed by atoms with Crippen LogP contribution in [0.1, 0.15) is 28.3 Å². The van der Waals surface area contributed by atoms with Gasteiger partial charge >= 0.3 is 0 Å². The molecule has 1 aliphatic rings. The summed E-state index contributed by atoms with van der Waals surface area (Å²) < 4.78 is 12.2. The summed E-state index contributed by atoms with van der Waals surface area (Å²) in [6, 6.07) is 6.47. The highest BCUT2D eigenvalue weighted by molar-refractivity contribution is 9.10. The SMILES string of the molecule is Cc1cc(C(C)Nc2cc3c(cc2Br)OCCO3)c(C)s1. The van der Waals surface area contributed by atoms with Gasteiger partial charge in [0.05, 0.1) is 5.69 Å². The molecule has 5 heteroatoms. The molecular formula is C16H18BrNO2S. The van der Waals surface area contributed by atoms with E-state index in [1.165, 1.54) is 15.3 Å². The van der Waals surface area contributed by atoms with Crippen LogP contribution in [0.3, 0.4) is 0 Å². The zero-order valence-electron chi connectivity index (χ0n) is 12.3. The first kappa shape index (κ1) is 14.7.